The number of carbonyl (C=O) groups is 1. The normalized spacial score (nSPS) is 10.2. The molecule has 0 radical (unpaired) electrons. The molecule has 1 aromatic rings. The molecule has 4 N–H and O–H groups in total. The van der Waals surface area contributed by atoms with E-state index in [0.29, 0.717) is 50.0 Å². The number of hydrogen-bond acceptors (Lipinski definition) is 6. The molecule has 0 aromatic heterocycles. The van der Waals surface area contributed by atoms with Crippen molar-refractivity contribution in [3.8, 4) is 11.5 Å². The van der Waals surface area contributed by atoms with Crippen molar-refractivity contribution in [2.24, 2.45) is 11.5 Å². The number of benzene rings is 1. The van der Waals surface area contributed by atoms with Gasteiger partial charge in [0.05, 0.1) is 25.4 Å². The molecule has 0 saturated heterocycles. The fourth-order valence-electron chi connectivity index (χ4n) is 1.61. The van der Waals surface area contributed by atoms with Gasteiger partial charge < -0.3 is 25.7 Å². The van der Waals surface area contributed by atoms with Crippen molar-refractivity contribution in [3.05, 3.63) is 23.8 Å². The third-order valence-electron chi connectivity index (χ3n) is 2.67. The Kier molecular flexibility index (Phi) is 8.23. The Morgan fingerprint density at radius 1 is 1.05 bits per heavy atom. The minimum Gasteiger partial charge on any atom is -0.490 e. The largest absolute Gasteiger partial charge is 0.490 e. The fourth-order valence-corrected chi connectivity index (χ4v) is 1.61. The summed E-state index contributed by atoms with van der Waals surface area (Å²) < 4.78 is 16.2. The first-order valence-electron chi connectivity index (χ1n) is 7.19. The fraction of sp³-hybridized carbons (Fsp3) is 0.533. The SMILES string of the molecule is CCOC(=O)c1ccc(OCCCN)c(OCCCN)c1. The maximum Gasteiger partial charge on any atom is 0.338 e. The van der Waals surface area contributed by atoms with E-state index in [1.165, 1.54) is 0 Å². The lowest BCUT2D eigenvalue weighted by Gasteiger charge is -2.13. The average Bonchev–Trinajstić information content (AvgIpc) is 2.49. The van der Waals surface area contributed by atoms with Gasteiger partial charge in [-0.3, -0.25) is 0 Å². The number of nitrogens with two attached hydrogens (primary N) is 2. The first-order chi connectivity index (χ1) is 10.2. The Balaban J connectivity index is 2.82. The van der Waals surface area contributed by atoms with Crippen molar-refractivity contribution in [1.82, 2.24) is 0 Å². The van der Waals surface area contributed by atoms with Crippen LogP contribution in [0.2, 0.25) is 0 Å². The zero-order valence-corrected chi connectivity index (χ0v) is 12.5. The second-order valence-corrected chi connectivity index (χ2v) is 4.36. The summed E-state index contributed by atoms with van der Waals surface area (Å²) in [6, 6.07) is 5.00. The molecule has 0 spiro atoms. The van der Waals surface area contributed by atoms with E-state index in [2.05, 4.69) is 0 Å². The molecule has 0 saturated carbocycles. The topological polar surface area (TPSA) is 96.8 Å². The zero-order chi connectivity index (χ0) is 15.5. The molecule has 0 heterocycles. The van der Waals surface area contributed by atoms with Gasteiger partial charge in [-0.25, -0.2) is 4.79 Å². The Bertz CT molecular complexity index is 438. The molecule has 6 heteroatoms. The summed E-state index contributed by atoms with van der Waals surface area (Å²) in [7, 11) is 0. The highest BCUT2D eigenvalue weighted by atomic mass is 16.5. The lowest BCUT2D eigenvalue weighted by atomic mass is 10.2. The van der Waals surface area contributed by atoms with Gasteiger partial charge in [0.2, 0.25) is 0 Å². The first kappa shape index (κ1) is 17.3. The van der Waals surface area contributed by atoms with E-state index < -0.39 is 0 Å². The molecule has 1 rings (SSSR count). The van der Waals surface area contributed by atoms with Crippen molar-refractivity contribution in [3.63, 3.8) is 0 Å². The predicted octanol–water partition coefficient (Wildman–Crippen LogP) is 1.32. The molecule has 0 aliphatic heterocycles. The summed E-state index contributed by atoms with van der Waals surface area (Å²) >= 11 is 0. The molecule has 21 heavy (non-hydrogen) atoms. The van der Waals surface area contributed by atoms with Gasteiger partial charge in [-0.2, -0.15) is 0 Å². The molecule has 118 valence electrons. The van der Waals surface area contributed by atoms with Crippen LogP contribution < -0.4 is 20.9 Å². The van der Waals surface area contributed by atoms with Crippen molar-refractivity contribution in [1.29, 1.82) is 0 Å². The number of rotatable bonds is 10. The molecule has 0 bridgehead atoms. The highest BCUT2D eigenvalue weighted by Crippen LogP contribution is 2.29. The molecular formula is C15H24N2O4. The lowest BCUT2D eigenvalue weighted by Crippen LogP contribution is -2.10. The second-order valence-electron chi connectivity index (χ2n) is 4.36. The van der Waals surface area contributed by atoms with E-state index in [1.807, 2.05) is 0 Å². The Morgan fingerprint density at radius 3 is 2.24 bits per heavy atom. The highest BCUT2D eigenvalue weighted by molar-refractivity contribution is 5.90. The monoisotopic (exact) mass is 296 g/mol. The Morgan fingerprint density at radius 2 is 1.67 bits per heavy atom. The summed E-state index contributed by atoms with van der Waals surface area (Å²) in [6.45, 7) is 4.17. The van der Waals surface area contributed by atoms with Crippen LogP contribution >= 0.6 is 0 Å². The van der Waals surface area contributed by atoms with Crippen LogP contribution in [0.4, 0.5) is 0 Å². The van der Waals surface area contributed by atoms with Crippen LogP contribution in [-0.4, -0.2) is 38.9 Å². The van der Waals surface area contributed by atoms with E-state index in [9.17, 15) is 4.79 Å². The minimum absolute atomic E-state index is 0.330. The quantitative estimate of drug-likeness (QED) is 0.499. The Labute approximate surface area is 125 Å². The zero-order valence-electron chi connectivity index (χ0n) is 12.5. The number of esters is 1. The maximum absolute atomic E-state index is 11.7. The molecule has 0 fully saturated rings. The molecule has 0 unspecified atom stereocenters. The van der Waals surface area contributed by atoms with E-state index in [4.69, 9.17) is 25.7 Å². The standard InChI is InChI=1S/C15H24N2O4/c1-2-19-15(18)12-5-6-13(20-9-3-7-16)14(11-12)21-10-4-8-17/h5-6,11H,2-4,7-10,16-17H2,1H3. The van der Waals surface area contributed by atoms with Crippen LogP contribution in [0.1, 0.15) is 30.1 Å². The smallest absolute Gasteiger partial charge is 0.338 e. The molecule has 6 nitrogen and oxygen atoms in total. The van der Waals surface area contributed by atoms with Gasteiger partial charge in [-0.1, -0.05) is 0 Å². The number of hydrogen-bond donors (Lipinski definition) is 2. The van der Waals surface area contributed by atoms with Crippen LogP contribution in [0, 0.1) is 0 Å². The van der Waals surface area contributed by atoms with Gasteiger partial charge in [0, 0.05) is 0 Å². The summed E-state index contributed by atoms with van der Waals surface area (Å²) in [5.41, 5.74) is 11.3. The number of ether oxygens (including phenoxy) is 3. The van der Waals surface area contributed by atoms with Gasteiger partial charge in [-0.05, 0) is 51.1 Å². The highest BCUT2D eigenvalue weighted by Gasteiger charge is 2.12. The van der Waals surface area contributed by atoms with E-state index in [0.717, 1.165) is 12.8 Å². The van der Waals surface area contributed by atoms with Gasteiger partial charge >= 0.3 is 5.97 Å². The van der Waals surface area contributed by atoms with Crippen LogP contribution in [0.5, 0.6) is 11.5 Å². The van der Waals surface area contributed by atoms with Crippen molar-refractivity contribution >= 4 is 5.97 Å². The Hall–Kier alpha value is -1.79. The molecule has 0 aliphatic carbocycles. The van der Waals surface area contributed by atoms with Gasteiger partial charge in [0.1, 0.15) is 0 Å². The molecule has 0 atom stereocenters. The van der Waals surface area contributed by atoms with Crippen molar-refractivity contribution in [2.45, 2.75) is 19.8 Å². The van der Waals surface area contributed by atoms with E-state index >= 15 is 0 Å². The summed E-state index contributed by atoms with van der Waals surface area (Å²) in [4.78, 5) is 11.7. The average molecular weight is 296 g/mol. The van der Waals surface area contributed by atoms with Gasteiger partial charge in [-0.15, -0.1) is 0 Å². The van der Waals surface area contributed by atoms with Crippen LogP contribution in [0.25, 0.3) is 0 Å². The van der Waals surface area contributed by atoms with E-state index in [-0.39, 0.29) is 5.97 Å². The third-order valence-corrected chi connectivity index (χ3v) is 2.67. The van der Waals surface area contributed by atoms with Crippen LogP contribution in [-0.2, 0) is 4.74 Å². The van der Waals surface area contributed by atoms with E-state index in [1.54, 1.807) is 25.1 Å². The minimum atomic E-state index is -0.380. The van der Waals surface area contributed by atoms with Crippen molar-refractivity contribution in [2.75, 3.05) is 32.9 Å². The van der Waals surface area contributed by atoms with Crippen LogP contribution in [0.15, 0.2) is 18.2 Å². The predicted molar refractivity (Wildman–Crippen MR) is 80.7 cm³/mol. The lowest BCUT2D eigenvalue weighted by molar-refractivity contribution is 0.0525. The molecule has 0 aliphatic rings. The molecular weight excluding hydrogens is 272 g/mol. The molecule has 1 aromatic carbocycles. The summed E-state index contributed by atoms with van der Waals surface area (Å²) in [5.74, 6) is 0.731. The summed E-state index contributed by atoms with van der Waals surface area (Å²) in [5, 5.41) is 0. The second kappa shape index (κ2) is 10.0. The van der Waals surface area contributed by atoms with Gasteiger partial charge in [0.25, 0.3) is 0 Å². The number of carbonyl (C=O) groups excluding carboxylic acids is 1. The molecule has 0 amide bonds. The first-order valence-corrected chi connectivity index (χ1v) is 7.19. The third kappa shape index (κ3) is 6.01. The van der Waals surface area contributed by atoms with Crippen LogP contribution in [0.3, 0.4) is 0 Å². The maximum atomic E-state index is 11.7. The van der Waals surface area contributed by atoms with Crippen molar-refractivity contribution < 1.29 is 19.0 Å². The summed E-state index contributed by atoms with van der Waals surface area (Å²) in [6.07, 6.45) is 1.48. The van der Waals surface area contributed by atoms with Gasteiger partial charge in [0.15, 0.2) is 11.5 Å².